The second-order valence-corrected chi connectivity index (χ2v) is 4.59. The molecular formula is C14H13N3O2. The molecule has 5 heteroatoms. The molecule has 0 aliphatic heterocycles. The molecule has 3 rings (SSSR count). The van der Waals surface area contributed by atoms with E-state index in [4.69, 9.17) is 0 Å². The van der Waals surface area contributed by atoms with E-state index in [1.165, 1.54) is 23.6 Å². The molecule has 0 amide bonds. The first-order valence-corrected chi connectivity index (χ1v) is 6.22. The Morgan fingerprint density at radius 2 is 2.05 bits per heavy atom. The Morgan fingerprint density at radius 1 is 1.21 bits per heavy atom. The SMILES string of the molecule is O=[N+]([O-])c1cccnc1Nc1ccc2c(c1)CCC2. The normalized spacial score (nSPS) is 13.1. The number of aryl methyl sites for hydroxylation is 2. The van der Waals surface area contributed by atoms with Crippen molar-refractivity contribution in [2.24, 2.45) is 0 Å². The molecule has 0 fully saturated rings. The molecular weight excluding hydrogens is 242 g/mol. The first-order valence-electron chi connectivity index (χ1n) is 6.22. The van der Waals surface area contributed by atoms with Crippen LogP contribution in [0.3, 0.4) is 0 Å². The molecule has 1 aromatic heterocycles. The van der Waals surface area contributed by atoms with Crippen molar-refractivity contribution in [1.82, 2.24) is 4.98 Å². The number of anilines is 2. The van der Waals surface area contributed by atoms with Gasteiger partial charge in [-0.25, -0.2) is 4.98 Å². The van der Waals surface area contributed by atoms with Gasteiger partial charge in [-0.3, -0.25) is 10.1 Å². The van der Waals surface area contributed by atoms with Crippen LogP contribution in [0.15, 0.2) is 36.5 Å². The molecule has 0 bridgehead atoms. The van der Waals surface area contributed by atoms with Crippen molar-refractivity contribution in [3.8, 4) is 0 Å². The van der Waals surface area contributed by atoms with Gasteiger partial charge < -0.3 is 5.32 Å². The highest BCUT2D eigenvalue weighted by Crippen LogP contribution is 2.28. The number of hydrogen-bond acceptors (Lipinski definition) is 4. The van der Waals surface area contributed by atoms with E-state index in [0.29, 0.717) is 0 Å². The number of pyridine rings is 1. The number of nitro groups is 1. The quantitative estimate of drug-likeness (QED) is 0.675. The molecule has 0 spiro atoms. The summed E-state index contributed by atoms with van der Waals surface area (Å²) in [5.41, 5.74) is 3.54. The summed E-state index contributed by atoms with van der Waals surface area (Å²) in [6, 6.07) is 9.09. The Hall–Kier alpha value is -2.43. The number of aromatic nitrogens is 1. The van der Waals surface area contributed by atoms with Crippen LogP contribution in [0.4, 0.5) is 17.2 Å². The van der Waals surface area contributed by atoms with Crippen LogP contribution in [0, 0.1) is 10.1 Å². The predicted octanol–water partition coefficient (Wildman–Crippen LogP) is 3.22. The molecule has 0 atom stereocenters. The van der Waals surface area contributed by atoms with Crippen LogP contribution in [0.1, 0.15) is 17.5 Å². The van der Waals surface area contributed by atoms with E-state index in [0.717, 1.165) is 18.5 Å². The molecule has 1 heterocycles. The van der Waals surface area contributed by atoms with Gasteiger partial charge >= 0.3 is 5.69 Å². The van der Waals surface area contributed by atoms with Crippen LogP contribution in [0.5, 0.6) is 0 Å². The molecule has 96 valence electrons. The third-order valence-corrected chi connectivity index (χ3v) is 3.34. The number of nitrogens with one attached hydrogen (secondary N) is 1. The van der Waals surface area contributed by atoms with E-state index in [1.807, 2.05) is 6.07 Å². The summed E-state index contributed by atoms with van der Waals surface area (Å²) in [5.74, 6) is 0.283. The van der Waals surface area contributed by atoms with Gasteiger partial charge in [-0.15, -0.1) is 0 Å². The molecule has 1 aliphatic carbocycles. The zero-order valence-electron chi connectivity index (χ0n) is 10.3. The standard InChI is InChI=1S/C14H13N3O2/c18-17(19)13-5-2-8-15-14(13)16-12-7-6-10-3-1-4-11(10)9-12/h2,5-9H,1,3-4H2,(H,15,16). The third kappa shape index (κ3) is 2.27. The van der Waals surface area contributed by atoms with Crippen LogP contribution >= 0.6 is 0 Å². The van der Waals surface area contributed by atoms with Gasteiger partial charge in [-0.1, -0.05) is 6.07 Å². The van der Waals surface area contributed by atoms with Gasteiger partial charge in [-0.05, 0) is 48.6 Å². The molecule has 5 nitrogen and oxygen atoms in total. The van der Waals surface area contributed by atoms with Crippen LogP contribution in [0.2, 0.25) is 0 Å². The smallest absolute Gasteiger partial charge is 0.311 e. The summed E-state index contributed by atoms with van der Waals surface area (Å²) in [4.78, 5) is 14.5. The van der Waals surface area contributed by atoms with Crippen molar-refractivity contribution in [2.45, 2.75) is 19.3 Å². The second kappa shape index (κ2) is 4.68. The molecule has 0 unspecified atom stereocenters. The lowest BCUT2D eigenvalue weighted by Gasteiger charge is -2.07. The highest BCUT2D eigenvalue weighted by molar-refractivity contribution is 5.66. The van der Waals surface area contributed by atoms with Crippen LogP contribution in [0.25, 0.3) is 0 Å². The molecule has 19 heavy (non-hydrogen) atoms. The molecule has 1 aromatic carbocycles. The van der Waals surface area contributed by atoms with Gasteiger partial charge in [0.15, 0.2) is 0 Å². The fourth-order valence-corrected chi connectivity index (χ4v) is 2.43. The average molecular weight is 255 g/mol. The lowest BCUT2D eigenvalue weighted by atomic mass is 10.1. The fourth-order valence-electron chi connectivity index (χ4n) is 2.43. The number of benzene rings is 1. The predicted molar refractivity (Wildman–Crippen MR) is 72.6 cm³/mol. The topological polar surface area (TPSA) is 68.1 Å². The minimum Gasteiger partial charge on any atom is -0.334 e. The molecule has 0 saturated carbocycles. The van der Waals surface area contributed by atoms with E-state index in [1.54, 1.807) is 12.3 Å². The Bertz CT molecular complexity index is 640. The van der Waals surface area contributed by atoms with Gasteiger partial charge in [0.25, 0.3) is 0 Å². The number of nitrogens with zero attached hydrogens (tertiary/aromatic N) is 2. The van der Waals surface area contributed by atoms with Gasteiger partial charge in [0.2, 0.25) is 5.82 Å². The fraction of sp³-hybridized carbons (Fsp3) is 0.214. The van der Waals surface area contributed by atoms with Gasteiger partial charge in [-0.2, -0.15) is 0 Å². The Labute approximate surface area is 110 Å². The summed E-state index contributed by atoms with van der Waals surface area (Å²) >= 11 is 0. The Balaban J connectivity index is 1.91. The zero-order valence-corrected chi connectivity index (χ0v) is 10.3. The lowest BCUT2D eigenvalue weighted by Crippen LogP contribution is -1.99. The molecule has 1 aliphatic rings. The van der Waals surface area contributed by atoms with E-state index < -0.39 is 4.92 Å². The van der Waals surface area contributed by atoms with E-state index in [9.17, 15) is 10.1 Å². The highest BCUT2D eigenvalue weighted by Gasteiger charge is 2.15. The van der Waals surface area contributed by atoms with Crippen molar-refractivity contribution < 1.29 is 4.92 Å². The van der Waals surface area contributed by atoms with Crippen molar-refractivity contribution >= 4 is 17.2 Å². The summed E-state index contributed by atoms with van der Waals surface area (Å²) in [5, 5.41) is 14.0. The molecule has 0 radical (unpaired) electrons. The average Bonchev–Trinajstić information content (AvgIpc) is 2.86. The molecule has 2 aromatic rings. The maximum atomic E-state index is 10.9. The van der Waals surface area contributed by atoms with Crippen molar-refractivity contribution in [2.75, 3.05) is 5.32 Å². The summed E-state index contributed by atoms with van der Waals surface area (Å²) < 4.78 is 0. The van der Waals surface area contributed by atoms with E-state index in [2.05, 4.69) is 22.4 Å². The van der Waals surface area contributed by atoms with Crippen LogP contribution in [-0.4, -0.2) is 9.91 Å². The van der Waals surface area contributed by atoms with Crippen LogP contribution in [-0.2, 0) is 12.8 Å². The first-order chi connectivity index (χ1) is 9.24. The summed E-state index contributed by atoms with van der Waals surface area (Å²) in [7, 11) is 0. The zero-order chi connectivity index (χ0) is 13.2. The molecule has 0 saturated heterocycles. The third-order valence-electron chi connectivity index (χ3n) is 3.34. The minimum absolute atomic E-state index is 0.0111. The van der Waals surface area contributed by atoms with Crippen LogP contribution < -0.4 is 5.32 Å². The summed E-state index contributed by atoms with van der Waals surface area (Å²) in [6.45, 7) is 0. The number of rotatable bonds is 3. The van der Waals surface area contributed by atoms with Gasteiger partial charge in [0.05, 0.1) is 4.92 Å². The minimum atomic E-state index is -0.428. The van der Waals surface area contributed by atoms with Crippen molar-refractivity contribution in [3.63, 3.8) is 0 Å². The first kappa shape index (κ1) is 11.6. The highest BCUT2D eigenvalue weighted by atomic mass is 16.6. The van der Waals surface area contributed by atoms with E-state index in [-0.39, 0.29) is 11.5 Å². The Morgan fingerprint density at radius 3 is 2.89 bits per heavy atom. The van der Waals surface area contributed by atoms with Crippen molar-refractivity contribution in [3.05, 3.63) is 57.8 Å². The van der Waals surface area contributed by atoms with Crippen molar-refractivity contribution in [1.29, 1.82) is 0 Å². The van der Waals surface area contributed by atoms with Gasteiger partial charge in [0, 0.05) is 18.0 Å². The van der Waals surface area contributed by atoms with Gasteiger partial charge in [0.1, 0.15) is 0 Å². The van der Waals surface area contributed by atoms with E-state index >= 15 is 0 Å². The molecule has 1 N–H and O–H groups in total. The largest absolute Gasteiger partial charge is 0.334 e. The number of fused-ring (bicyclic) bond motifs is 1. The second-order valence-electron chi connectivity index (χ2n) is 4.59. The summed E-state index contributed by atoms with van der Waals surface area (Å²) in [6.07, 6.45) is 4.93. The lowest BCUT2D eigenvalue weighted by molar-refractivity contribution is -0.384. The Kier molecular flexibility index (Phi) is 2.87. The maximum absolute atomic E-state index is 10.9. The maximum Gasteiger partial charge on any atom is 0.311 e. The number of hydrogen-bond donors (Lipinski definition) is 1. The monoisotopic (exact) mass is 255 g/mol.